The molecule has 0 aliphatic heterocycles. The highest BCUT2D eigenvalue weighted by Gasteiger charge is 2.22. The molecule has 1 amide bonds. The van der Waals surface area contributed by atoms with Gasteiger partial charge in [-0.1, -0.05) is 74.5 Å². The van der Waals surface area contributed by atoms with E-state index in [0.29, 0.717) is 25.4 Å². The Hall–Kier alpha value is -2.13. The third-order valence-electron chi connectivity index (χ3n) is 3.79. The molecule has 0 bridgehead atoms. The number of hydrogen-bond donors (Lipinski definition) is 1. The van der Waals surface area contributed by atoms with Gasteiger partial charge >= 0.3 is 0 Å². The quantitative estimate of drug-likeness (QED) is 0.849. The van der Waals surface area contributed by atoms with E-state index in [1.165, 1.54) is 0 Å². The predicted molar refractivity (Wildman–Crippen MR) is 94.6 cm³/mol. The van der Waals surface area contributed by atoms with Crippen molar-refractivity contribution < 1.29 is 4.79 Å². The highest BCUT2D eigenvalue weighted by molar-refractivity contribution is 5.81. The number of carbonyl (C=O) groups is 1. The lowest BCUT2D eigenvalue weighted by atomic mass is 10.0. The monoisotopic (exact) mass is 310 g/mol. The minimum absolute atomic E-state index is 0.0198. The zero-order chi connectivity index (χ0) is 16.7. The Morgan fingerprint density at radius 3 is 1.74 bits per heavy atom. The van der Waals surface area contributed by atoms with Crippen molar-refractivity contribution in [2.75, 3.05) is 0 Å². The smallest absolute Gasteiger partial charge is 0.240 e. The third kappa shape index (κ3) is 5.53. The molecule has 1 atom stereocenters. The van der Waals surface area contributed by atoms with Gasteiger partial charge in [0.15, 0.2) is 0 Å². The van der Waals surface area contributed by atoms with Crippen LogP contribution in [0.15, 0.2) is 60.7 Å². The van der Waals surface area contributed by atoms with E-state index in [2.05, 4.69) is 13.8 Å². The predicted octanol–water partition coefficient (Wildman–Crippen LogP) is 3.59. The van der Waals surface area contributed by atoms with Crippen LogP contribution >= 0.6 is 0 Å². The van der Waals surface area contributed by atoms with E-state index < -0.39 is 6.04 Å². The molecular formula is C20H26N2O. The van der Waals surface area contributed by atoms with Gasteiger partial charge in [0.25, 0.3) is 0 Å². The van der Waals surface area contributed by atoms with Gasteiger partial charge in [-0.25, -0.2) is 0 Å². The van der Waals surface area contributed by atoms with Gasteiger partial charge in [-0.3, -0.25) is 4.79 Å². The Morgan fingerprint density at radius 1 is 0.913 bits per heavy atom. The van der Waals surface area contributed by atoms with Crippen molar-refractivity contribution in [3.05, 3.63) is 71.8 Å². The van der Waals surface area contributed by atoms with Crippen molar-refractivity contribution in [2.45, 2.75) is 39.4 Å². The van der Waals surface area contributed by atoms with Crippen molar-refractivity contribution >= 4 is 5.91 Å². The standard InChI is InChI=1S/C20H26N2O/c1-16(2)13-19(21)20(23)22(14-17-9-5-3-6-10-17)15-18-11-7-4-8-12-18/h3-12,16,19H,13-15,21H2,1-2H3. The summed E-state index contributed by atoms with van der Waals surface area (Å²) >= 11 is 0. The van der Waals surface area contributed by atoms with Gasteiger partial charge in [0.1, 0.15) is 0 Å². The Bertz CT molecular complexity index is 554. The Kier molecular flexibility index (Phi) is 6.36. The molecule has 1 unspecified atom stereocenters. The van der Waals surface area contributed by atoms with Crippen molar-refractivity contribution in [3.63, 3.8) is 0 Å². The maximum absolute atomic E-state index is 12.8. The Morgan fingerprint density at radius 2 is 1.35 bits per heavy atom. The number of nitrogens with two attached hydrogens (primary N) is 1. The van der Waals surface area contributed by atoms with E-state index in [4.69, 9.17) is 5.73 Å². The van der Waals surface area contributed by atoms with Gasteiger partial charge < -0.3 is 10.6 Å². The summed E-state index contributed by atoms with van der Waals surface area (Å²) in [4.78, 5) is 14.6. The SMILES string of the molecule is CC(C)CC(N)C(=O)N(Cc1ccccc1)Cc1ccccc1. The molecule has 0 aromatic heterocycles. The minimum Gasteiger partial charge on any atom is -0.333 e. The number of carbonyl (C=O) groups excluding carboxylic acids is 1. The molecule has 0 saturated carbocycles. The first-order valence-corrected chi connectivity index (χ1v) is 8.18. The lowest BCUT2D eigenvalue weighted by Crippen LogP contribution is -2.43. The lowest BCUT2D eigenvalue weighted by Gasteiger charge is -2.27. The largest absolute Gasteiger partial charge is 0.333 e. The van der Waals surface area contributed by atoms with Gasteiger partial charge in [-0.2, -0.15) is 0 Å². The summed E-state index contributed by atoms with van der Waals surface area (Å²) in [6.45, 7) is 5.35. The first kappa shape index (κ1) is 17.2. The first-order chi connectivity index (χ1) is 11.1. The summed E-state index contributed by atoms with van der Waals surface area (Å²) in [7, 11) is 0. The zero-order valence-corrected chi connectivity index (χ0v) is 14.0. The number of amides is 1. The third-order valence-corrected chi connectivity index (χ3v) is 3.79. The van der Waals surface area contributed by atoms with Crippen molar-refractivity contribution in [1.82, 2.24) is 4.90 Å². The fraction of sp³-hybridized carbons (Fsp3) is 0.350. The maximum atomic E-state index is 12.8. The molecule has 2 aromatic rings. The van der Waals surface area contributed by atoms with Gasteiger partial charge in [0, 0.05) is 13.1 Å². The van der Waals surface area contributed by atoms with Crippen molar-refractivity contribution in [1.29, 1.82) is 0 Å². The molecule has 2 rings (SSSR count). The Labute approximate surface area is 139 Å². The van der Waals surface area contributed by atoms with E-state index in [9.17, 15) is 4.79 Å². The highest BCUT2D eigenvalue weighted by Crippen LogP contribution is 2.13. The van der Waals surface area contributed by atoms with Crippen LogP contribution in [-0.4, -0.2) is 16.8 Å². The van der Waals surface area contributed by atoms with Crippen LogP contribution in [0.3, 0.4) is 0 Å². The van der Waals surface area contributed by atoms with Gasteiger partial charge in [0.2, 0.25) is 5.91 Å². The van der Waals surface area contributed by atoms with Crippen LogP contribution in [0.2, 0.25) is 0 Å². The fourth-order valence-corrected chi connectivity index (χ4v) is 2.66. The number of rotatable bonds is 7. The van der Waals surface area contributed by atoms with E-state index >= 15 is 0 Å². The number of hydrogen-bond acceptors (Lipinski definition) is 2. The van der Waals surface area contributed by atoms with Crippen LogP contribution in [0.4, 0.5) is 0 Å². The topological polar surface area (TPSA) is 46.3 Å². The average molecular weight is 310 g/mol. The maximum Gasteiger partial charge on any atom is 0.240 e. The molecule has 3 nitrogen and oxygen atoms in total. The second-order valence-electron chi connectivity index (χ2n) is 6.40. The van der Waals surface area contributed by atoms with Crippen LogP contribution in [0, 0.1) is 5.92 Å². The summed E-state index contributed by atoms with van der Waals surface area (Å²) in [5.41, 5.74) is 8.37. The molecule has 0 spiro atoms. The van der Waals surface area contributed by atoms with Crippen LogP contribution in [0.5, 0.6) is 0 Å². The summed E-state index contributed by atoms with van der Waals surface area (Å²) in [5, 5.41) is 0. The first-order valence-electron chi connectivity index (χ1n) is 8.18. The van der Waals surface area contributed by atoms with Gasteiger partial charge in [-0.05, 0) is 23.5 Å². The zero-order valence-electron chi connectivity index (χ0n) is 14.0. The molecule has 0 saturated heterocycles. The van der Waals surface area contributed by atoms with Gasteiger partial charge in [0.05, 0.1) is 6.04 Å². The molecule has 0 fully saturated rings. The summed E-state index contributed by atoms with van der Waals surface area (Å²) in [5.74, 6) is 0.427. The van der Waals surface area contributed by atoms with E-state index in [1.54, 1.807) is 0 Å². The molecule has 0 heterocycles. The molecule has 0 radical (unpaired) electrons. The molecular weight excluding hydrogens is 284 g/mol. The number of nitrogens with zero attached hydrogens (tertiary/aromatic N) is 1. The molecule has 2 aromatic carbocycles. The Balaban J connectivity index is 2.15. The molecule has 3 heteroatoms. The van der Waals surface area contributed by atoms with Crippen LogP contribution in [-0.2, 0) is 17.9 Å². The average Bonchev–Trinajstić information content (AvgIpc) is 2.55. The van der Waals surface area contributed by atoms with E-state index in [-0.39, 0.29) is 5.91 Å². The van der Waals surface area contributed by atoms with Crippen molar-refractivity contribution in [2.24, 2.45) is 11.7 Å². The molecule has 122 valence electrons. The molecule has 23 heavy (non-hydrogen) atoms. The molecule has 0 aliphatic rings. The normalized spacial score (nSPS) is 12.2. The van der Waals surface area contributed by atoms with Crippen LogP contribution < -0.4 is 5.73 Å². The summed E-state index contributed by atoms with van der Waals surface area (Å²) in [6.07, 6.45) is 0.707. The van der Waals surface area contributed by atoms with Crippen LogP contribution in [0.25, 0.3) is 0 Å². The second-order valence-corrected chi connectivity index (χ2v) is 6.40. The minimum atomic E-state index is -0.442. The van der Waals surface area contributed by atoms with Crippen molar-refractivity contribution in [3.8, 4) is 0 Å². The van der Waals surface area contributed by atoms with Gasteiger partial charge in [-0.15, -0.1) is 0 Å². The molecule has 0 aliphatic carbocycles. The summed E-state index contributed by atoms with van der Waals surface area (Å²) in [6, 6.07) is 19.7. The highest BCUT2D eigenvalue weighted by atomic mass is 16.2. The van der Waals surface area contributed by atoms with E-state index in [1.807, 2.05) is 65.6 Å². The van der Waals surface area contributed by atoms with E-state index in [0.717, 1.165) is 11.1 Å². The second kappa shape index (κ2) is 8.49. The number of benzene rings is 2. The lowest BCUT2D eigenvalue weighted by molar-refractivity contribution is -0.134. The summed E-state index contributed by atoms with van der Waals surface area (Å²) < 4.78 is 0. The fourth-order valence-electron chi connectivity index (χ4n) is 2.66. The molecule has 2 N–H and O–H groups in total. The van der Waals surface area contributed by atoms with Crippen LogP contribution in [0.1, 0.15) is 31.4 Å².